The van der Waals surface area contributed by atoms with Crippen LogP contribution in [-0.4, -0.2) is 17.9 Å². The monoisotopic (exact) mass is 195 g/mol. The Morgan fingerprint density at radius 2 is 2.15 bits per heavy atom. The maximum Gasteiger partial charge on any atom is 0.254 e. The van der Waals surface area contributed by atoms with Crippen molar-refractivity contribution in [1.82, 2.24) is 4.90 Å². The summed E-state index contributed by atoms with van der Waals surface area (Å²) in [7, 11) is 1.80. The molecule has 1 heterocycles. The number of halogens is 1. The van der Waals surface area contributed by atoms with Gasteiger partial charge in [0.1, 0.15) is 0 Å². The number of carbonyl (C=O) groups is 1. The molecule has 0 atom stereocenters. The summed E-state index contributed by atoms with van der Waals surface area (Å²) in [4.78, 5) is 13.2. The SMILES string of the molecule is Cc1cc2c(cc1Cl)CN(C)C2=O. The molecule has 1 aromatic carbocycles. The zero-order valence-corrected chi connectivity index (χ0v) is 8.35. The van der Waals surface area contributed by atoms with Crippen LogP contribution in [0.5, 0.6) is 0 Å². The Balaban J connectivity index is 2.59. The van der Waals surface area contributed by atoms with E-state index in [0.717, 1.165) is 21.7 Å². The second-order valence-corrected chi connectivity index (χ2v) is 3.83. The molecule has 2 rings (SSSR count). The van der Waals surface area contributed by atoms with Crippen molar-refractivity contribution in [2.45, 2.75) is 13.5 Å². The summed E-state index contributed by atoms with van der Waals surface area (Å²) >= 11 is 5.96. The minimum Gasteiger partial charge on any atom is -0.337 e. The van der Waals surface area contributed by atoms with Crippen molar-refractivity contribution in [2.24, 2.45) is 0 Å². The molecule has 0 fully saturated rings. The molecule has 1 aliphatic heterocycles. The van der Waals surface area contributed by atoms with Crippen LogP contribution in [0.2, 0.25) is 5.02 Å². The lowest BCUT2D eigenvalue weighted by molar-refractivity contribution is 0.0816. The Labute approximate surface area is 82.1 Å². The van der Waals surface area contributed by atoms with Crippen molar-refractivity contribution in [2.75, 3.05) is 7.05 Å². The third-order valence-electron chi connectivity index (χ3n) is 2.37. The largest absolute Gasteiger partial charge is 0.337 e. The van der Waals surface area contributed by atoms with E-state index in [1.54, 1.807) is 11.9 Å². The van der Waals surface area contributed by atoms with Crippen LogP contribution in [0.25, 0.3) is 0 Å². The zero-order chi connectivity index (χ0) is 9.59. The second kappa shape index (κ2) is 2.74. The molecule has 1 amide bonds. The van der Waals surface area contributed by atoms with Crippen LogP contribution in [-0.2, 0) is 6.54 Å². The molecule has 3 heteroatoms. The molecule has 1 aliphatic rings. The van der Waals surface area contributed by atoms with Crippen LogP contribution in [0.1, 0.15) is 21.5 Å². The first kappa shape index (κ1) is 8.57. The minimum atomic E-state index is 0.0924. The summed E-state index contributed by atoms with van der Waals surface area (Å²) in [6.07, 6.45) is 0. The first-order valence-corrected chi connectivity index (χ1v) is 4.52. The number of hydrogen-bond acceptors (Lipinski definition) is 1. The number of nitrogens with zero attached hydrogens (tertiary/aromatic N) is 1. The van der Waals surface area contributed by atoms with Gasteiger partial charge in [0, 0.05) is 24.2 Å². The number of rotatable bonds is 0. The summed E-state index contributed by atoms with van der Waals surface area (Å²) in [5, 5.41) is 0.738. The van der Waals surface area contributed by atoms with Gasteiger partial charge < -0.3 is 4.90 Å². The first-order valence-electron chi connectivity index (χ1n) is 4.14. The van der Waals surface area contributed by atoms with Gasteiger partial charge in [0.15, 0.2) is 0 Å². The Morgan fingerprint density at radius 3 is 2.85 bits per heavy atom. The number of aryl methyl sites for hydroxylation is 1. The summed E-state index contributed by atoms with van der Waals surface area (Å²) in [5.74, 6) is 0.0924. The zero-order valence-electron chi connectivity index (χ0n) is 7.60. The van der Waals surface area contributed by atoms with E-state index in [0.29, 0.717) is 6.54 Å². The van der Waals surface area contributed by atoms with Gasteiger partial charge in [0.05, 0.1) is 0 Å². The minimum absolute atomic E-state index is 0.0924. The maximum absolute atomic E-state index is 11.5. The molecule has 0 aromatic heterocycles. The van der Waals surface area contributed by atoms with Gasteiger partial charge in [-0.05, 0) is 30.2 Å². The van der Waals surface area contributed by atoms with E-state index >= 15 is 0 Å². The summed E-state index contributed by atoms with van der Waals surface area (Å²) < 4.78 is 0. The highest BCUT2D eigenvalue weighted by Gasteiger charge is 2.24. The fraction of sp³-hybridized carbons (Fsp3) is 0.300. The molecule has 0 aliphatic carbocycles. The average Bonchev–Trinajstić information content (AvgIpc) is 2.32. The van der Waals surface area contributed by atoms with E-state index in [1.807, 2.05) is 19.1 Å². The Morgan fingerprint density at radius 1 is 1.46 bits per heavy atom. The lowest BCUT2D eigenvalue weighted by Gasteiger charge is -2.04. The molecular weight excluding hydrogens is 186 g/mol. The smallest absolute Gasteiger partial charge is 0.254 e. The molecule has 0 saturated carbocycles. The topological polar surface area (TPSA) is 20.3 Å². The molecular formula is C10H10ClNO. The Hall–Kier alpha value is -1.02. The van der Waals surface area contributed by atoms with Crippen LogP contribution in [0, 0.1) is 6.92 Å². The Kier molecular flexibility index (Phi) is 1.81. The number of benzene rings is 1. The lowest BCUT2D eigenvalue weighted by atomic mass is 10.1. The molecule has 0 radical (unpaired) electrons. The van der Waals surface area contributed by atoms with Crippen molar-refractivity contribution >= 4 is 17.5 Å². The van der Waals surface area contributed by atoms with Crippen LogP contribution in [0.3, 0.4) is 0 Å². The molecule has 68 valence electrons. The molecule has 0 saturated heterocycles. The van der Waals surface area contributed by atoms with Gasteiger partial charge in [-0.3, -0.25) is 4.79 Å². The molecule has 0 bridgehead atoms. The fourth-order valence-corrected chi connectivity index (χ4v) is 1.77. The molecule has 1 aromatic rings. The van der Waals surface area contributed by atoms with Gasteiger partial charge in [-0.1, -0.05) is 11.6 Å². The molecule has 13 heavy (non-hydrogen) atoms. The van der Waals surface area contributed by atoms with Gasteiger partial charge in [-0.15, -0.1) is 0 Å². The van der Waals surface area contributed by atoms with E-state index in [4.69, 9.17) is 11.6 Å². The van der Waals surface area contributed by atoms with Gasteiger partial charge in [0.25, 0.3) is 5.91 Å². The quantitative estimate of drug-likeness (QED) is 0.622. The number of hydrogen-bond donors (Lipinski definition) is 0. The van der Waals surface area contributed by atoms with Gasteiger partial charge in [-0.2, -0.15) is 0 Å². The van der Waals surface area contributed by atoms with Gasteiger partial charge in [-0.25, -0.2) is 0 Å². The van der Waals surface area contributed by atoms with E-state index in [1.165, 1.54) is 0 Å². The molecule has 0 unspecified atom stereocenters. The van der Waals surface area contributed by atoms with Gasteiger partial charge >= 0.3 is 0 Å². The highest BCUT2D eigenvalue weighted by Crippen LogP contribution is 2.27. The van der Waals surface area contributed by atoms with E-state index < -0.39 is 0 Å². The number of amides is 1. The average molecular weight is 196 g/mol. The highest BCUT2D eigenvalue weighted by atomic mass is 35.5. The molecule has 0 N–H and O–H groups in total. The van der Waals surface area contributed by atoms with Crippen molar-refractivity contribution in [3.05, 3.63) is 33.8 Å². The molecule has 2 nitrogen and oxygen atoms in total. The second-order valence-electron chi connectivity index (χ2n) is 3.42. The molecule has 0 spiro atoms. The summed E-state index contributed by atoms with van der Waals surface area (Å²) in [6, 6.07) is 3.75. The van der Waals surface area contributed by atoms with Crippen molar-refractivity contribution in [3.8, 4) is 0 Å². The number of fused-ring (bicyclic) bond motifs is 1. The standard InChI is InChI=1S/C10H10ClNO/c1-6-3-8-7(4-9(6)11)5-12(2)10(8)13/h3-4H,5H2,1-2H3. The lowest BCUT2D eigenvalue weighted by Crippen LogP contribution is -2.17. The predicted octanol–water partition coefficient (Wildman–Crippen LogP) is 2.23. The summed E-state index contributed by atoms with van der Waals surface area (Å²) in [6.45, 7) is 2.59. The van der Waals surface area contributed by atoms with Crippen molar-refractivity contribution in [1.29, 1.82) is 0 Å². The van der Waals surface area contributed by atoms with E-state index in [-0.39, 0.29) is 5.91 Å². The van der Waals surface area contributed by atoms with Crippen molar-refractivity contribution < 1.29 is 4.79 Å². The fourth-order valence-electron chi connectivity index (χ4n) is 1.59. The van der Waals surface area contributed by atoms with Crippen LogP contribution in [0.4, 0.5) is 0 Å². The Bertz CT molecular complexity index is 387. The van der Waals surface area contributed by atoms with Gasteiger partial charge in [0.2, 0.25) is 0 Å². The number of carbonyl (C=O) groups excluding carboxylic acids is 1. The van der Waals surface area contributed by atoms with Crippen LogP contribution < -0.4 is 0 Å². The predicted molar refractivity (Wildman–Crippen MR) is 52.0 cm³/mol. The third kappa shape index (κ3) is 1.22. The summed E-state index contributed by atoms with van der Waals surface area (Å²) in [5.41, 5.74) is 2.79. The van der Waals surface area contributed by atoms with E-state index in [9.17, 15) is 4.79 Å². The van der Waals surface area contributed by atoms with Crippen LogP contribution in [0.15, 0.2) is 12.1 Å². The highest BCUT2D eigenvalue weighted by molar-refractivity contribution is 6.31. The van der Waals surface area contributed by atoms with E-state index in [2.05, 4.69) is 0 Å². The van der Waals surface area contributed by atoms with Crippen LogP contribution >= 0.6 is 11.6 Å². The normalized spacial score (nSPS) is 15.0. The first-order chi connectivity index (χ1) is 6.09. The third-order valence-corrected chi connectivity index (χ3v) is 2.78. The van der Waals surface area contributed by atoms with Crippen molar-refractivity contribution in [3.63, 3.8) is 0 Å². The maximum atomic E-state index is 11.5.